The number of aromatic nitrogens is 1. The first-order valence-electron chi connectivity index (χ1n) is 10.9. The van der Waals surface area contributed by atoms with Gasteiger partial charge in [0.2, 0.25) is 0 Å². The molecule has 1 aromatic heterocycles. The molecule has 3 aromatic carbocycles. The first-order chi connectivity index (χ1) is 15.7. The van der Waals surface area contributed by atoms with Gasteiger partial charge in [-0.15, -0.1) is 0 Å². The number of benzene rings is 3. The van der Waals surface area contributed by atoms with Crippen LogP contribution in [0.1, 0.15) is 53.7 Å². The van der Waals surface area contributed by atoms with E-state index in [0.717, 1.165) is 27.8 Å². The molecule has 1 unspecified atom stereocenters. The highest BCUT2D eigenvalue weighted by atomic mass is 16.5. The lowest BCUT2D eigenvalue weighted by molar-refractivity contribution is 0.0665. The molecule has 4 rings (SSSR count). The van der Waals surface area contributed by atoms with Crippen molar-refractivity contribution in [3.05, 3.63) is 125 Å². The summed E-state index contributed by atoms with van der Waals surface area (Å²) in [6.45, 7) is 4.84. The Morgan fingerprint density at radius 1 is 0.844 bits per heavy atom. The van der Waals surface area contributed by atoms with Crippen molar-refractivity contribution in [3.63, 3.8) is 0 Å². The summed E-state index contributed by atoms with van der Waals surface area (Å²) in [6, 6.07) is 30.8. The van der Waals surface area contributed by atoms with Crippen molar-refractivity contribution < 1.29 is 4.74 Å². The van der Waals surface area contributed by atoms with Gasteiger partial charge < -0.3 is 4.74 Å². The van der Waals surface area contributed by atoms with Crippen LogP contribution in [0.3, 0.4) is 0 Å². The molecule has 0 radical (unpaired) electrons. The highest BCUT2D eigenvalue weighted by Crippen LogP contribution is 2.35. The van der Waals surface area contributed by atoms with Gasteiger partial charge in [0.25, 0.3) is 0 Å². The molecule has 0 aliphatic heterocycles. The van der Waals surface area contributed by atoms with E-state index < -0.39 is 0 Å². The summed E-state index contributed by atoms with van der Waals surface area (Å²) < 4.78 is 6.42. The third-order valence-corrected chi connectivity index (χ3v) is 5.59. The van der Waals surface area contributed by atoms with Crippen LogP contribution < -0.4 is 0 Å². The maximum atomic E-state index is 9.82. The minimum atomic E-state index is -0.290. The third kappa shape index (κ3) is 4.77. The Morgan fingerprint density at radius 3 is 2.34 bits per heavy atom. The predicted molar refractivity (Wildman–Crippen MR) is 128 cm³/mol. The van der Waals surface area contributed by atoms with Gasteiger partial charge >= 0.3 is 0 Å². The molecule has 0 fully saturated rings. The summed E-state index contributed by atoms with van der Waals surface area (Å²) in [6.07, 6.45) is 3.32. The molecule has 4 aromatic rings. The summed E-state index contributed by atoms with van der Waals surface area (Å²) in [5.74, 6) is 0.352. The summed E-state index contributed by atoms with van der Waals surface area (Å²) in [5, 5.41) is 9.82. The van der Waals surface area contributed by atoms with Gasteiger partial charge in [0.05, 0.1) is 18.2 Å². The molecular weight excluding hydrogens is 392 g/mol. The molecule has 0 amide bonds. The minimum Gasteiger partial charge on any atom is -0.364 e. The highest BCUT2D eigenvalue weighted by Gasteiger charge is 2.19. The quantitative estimate of drug-likeness (QED) is 0.323. The Balaban J connectivity index is 1.78. The SMILES string of the molecule is CC(C)c1ccccc1-c1cc(C(OCc2ccccc2)c2cccnc2)ccc1C#N. The minimum absolute atomic E-state index is 0.290. The fraction of sp³-hybridized carbons (Fsp3) is 0.172. The second-order valence-electron chi connectivity index (χ2n) is 8.12. The number of hydrogen-bond donors (Lipinski definition) is 0. The Labute approximate surface area is 190 Å². The number of pyridine rings is 1. The van der Waals surface area contributed by atoms with Crippen LogP contribution in [-0.4, -0.2) is 4.98 Å². The van der Waals surface area contributed by atoms with E-state index in [9.17, 15) is 5.26 Å². The number of rotatable bonds is 7. The molecule has 0 aliphatic carbocycles. The van der Waals surface area contributed by atoms with E-state index >= 15 is 0 Å². The van der Waals surface area contributed by atoms with Gasteiger partial charge in [-0.2, -0.15) is 5.26 Å². The Kier molecular flexibility index (Phi) is 6.75. The zero-order valence-electron chi connectivity index (χ0n) is 18.4. The lowest BCUT2D eigenvalue weighted by Crippen LogP contribution is -2.08. The average molecular weight is 419 g/mol. The molecule has 3 nitrogen and oxygen atoms in total. The maximum absolute atomic E-state index is 9.82. The van der Waals surface area contributed by atoms with Gasteiger partial charge in [-0.25, -0.2) is 0 Å². The second-order valence-corrected chi connectivity index (χ2v) is 8.12. The molecule has 0 spiro atoms. The smallest absolute Gasteiger partial charge is 0.109 e. The van der Waals surface area contributed by atoms with Gasteiger partial charge in [0, 0.05) is 23.5 Å². The predicted octanol–water partition coefficient (Wildman–Crippen LogP) is 7.05. The average Bonchev–Trinajstić information content (AvgIpc) is 2.85. The molecule has 158 valence electrons. The molecule has 1 atom stereocenters. The van der Waals surface area contributed by atoms with Crippen LogP contribution in [0.15, 0.2) is 97.3 Å². The van der Waals surface area contributed by atoms with Gasteiger partial charge in [-0.05, 0) is 46.4 Å². The van der Waals surface area contributed by atoms with E-state index in [4.69, 9.17) is 4.74 Å². The van der Waals surface area contributed by atoms with Crippen LogP contribution >= 0.6 is 0 Å². The van der Waals surface area contributed by atoms with Crippen LogP contribution in [0.5, 0.6) is 0 Å². The van der Waals surface area contributed by atoms with Crippen molar-refractivity contribution in [2.45, 2.75) is 32.5 Å². The second kappa shape index (κ2) is 10.0. The standard InChI is InChI=1S/C29H26N2O/c1-21(2)26-12-6-7-13-27(26)28-17-23(14-15-24(28)18-30)29(25-11-8-16-31-19-25)32-20-22-9-4-3-5-10-22/h3-17,19,21,29H,20H2,1-2H3. The fourth-order valence-corrected chi connectivity index (χ4v) is 3.96. The molecule has 0 N–H and O–H groups in total. The first kappa shape index (κ1) is 21.5. The Bertz CT molecular complexity index is 1210. The third-order valence-electron chi connectivity index (χ3n) is 5.59. The summed E-state index contributed by atoms with van der Waals surface area (Å²) in [7, 11) is 0. The number of ether oxygens (including phenoxy) is 1. The van der Waals surface area contributed by atoms with E-state index in [-0.39, 0.29) is 6.10 Å². The van der Waals surface area contributed by atoms with E-state index in [1.165, 1.54) is 5.56 Å². The number of nitrogens with zero attached hydrogens (tertiary/aromatic N) is 2. The largest absolute Gasteiger partial charge is 0.364 e. The van der Waals surface area contributed by atoms with Crippen LogP contribution in [-0.2, 0) is 11.3 Å². The van der Waals surface area contributed by atoms with E-state index in [2.05, 4.69) is 61.3 Å². The van der Waals surface area contributed by atoms with Gasteiger partial charge in [0.15, 0.2) is 0 Å². The molecule has 0 saturated carbocycles. The van der Waals surface area contributed by atoms with Crippen molar-refractivity contribution in [3.8, 4) is 17.2 Å². The Hall–Kier alpha value is -3.74. The van der Waals surface area contributed by atoms with Crippen molar-refractivity contribution in [2.24, 2.45) is 0 Å². The topological polar surface area (TPSA) is 45.9 Å². The zero-order valence-corrected chi connectivity index (χ0v) is 18.4. The lowest BCUT2D eigenvalue weighted by Gasteiger charge is -2.21. The van der Waals surface area contributed by atoms with Crippen molar-refractivity contribution in [1.82, 2.24) is 4.98 Å². The van der Waals surface area contributed by atoms with Crippen LogP contribution in [0, 0.1) is 11.3 Å². The van der Waals surface area contributed by atoms with Crippen molar-refractivity contribution >= 4 is 0 Å². The van der Waals surface area contributed by atoms with E-state index in [1.807, 2.05) is 54.7 Å². The summed E-state index contributed by atoms with van der Waals surface area (Å²) in [4.78, 5) is 4.31. The van der Waals surface area contributed by atoms with Crippen LogP contribution in [0.4, 0.5) is 0 Å². The summed E-state index contributed by atoms with van der Waals surface area (Å²) in [5.41, 5.74) is 7.01. The molecule has 1 heterocycles. The van der Waals surface area contributed by atoms with Gasteiger partial charge in [-0.1, -0.05) is 80.6 Å². The maximum Gasteiger partial charge on any atom is 0.109 e. The fourth-order valence-electron chi connectivity index (χ4n) is 3.96. The normalized spacial score (nSPS) is 11.8. The number of nitriles is 1. The van der Waals surface area contributed by atoms with E-state index in [1.54, 1.807) is 6.20 Å². The lowest BCUT2D eigenvalue weighted by atomic mass is 9.88. The first-order valence-corrected chi connectivity index (χ1v) is 10.9. The highest BCUT2D eigenvalue weighted by molar-refractivity contribution is 5.74. The monoisotopic (exact) mass is 418 g/mol. The molecule has 0 saturated heterocycles. The molecule has 3 heteroatoms. The van der Waals surface area contributed by atoms with Gasteiger partial charge in [0.1, 0.15) is 6.10 Å². The molecule has 32 heavy (non-hydrogen) atoms. The van der Waals surface area contributed by atoms with Crippen molar-refractivity contribution in [1.29, 1.82) is 5.26 Å². The van der Waals surface area contributed by atoms with Gasteiger partial charge in [-0.3, -0.25) is 4.98 Å². The Morgan fingerprint density at radius 2 is 1.62 bits per heavy atom. The number of hydrogen-bond acceptors (Lipinski definition) is 3. The molecule has 0 bridgehead atoms. The molecular formula is C29H26N2O. The van der Waals surface area contributed by atoms with Crippen LogP contribution in [0.2, 0.25) is 0 Å². The van der Waals surface area contributed by atoms with Crippen LogP contribution in [0.25, 0.3) is 11.1 Å². The zero-order chi connectivity index (χ0) is 22.3. The summed E-state index contributed by atoms with van der Waals surface area (Å²) >= 11 is 0. The molecule has 0 aliphatic rings. The van der Waals surface area contributed by atoms with E-state index in [0.29, 0.717) is 18.1 Å². The van der Waals surface area contributed by atoms with Crippen molar-refractivity contribution in [2.75, 3.05) is 0 Å².